The number of hydrogen-bond donors (Lipinski definition) is 2. The molecule has 3 rings (SSSR count). The van der Waals surface area contributed by atoms with Crippen LogP contribution in [-0.4, -0.2) is 16.2 Å². The molecule has 0 amide bonds. The minimum absolute atomic E-state index is 0.0472. The largest absolute Gasteiger partial charge is 0.508 e. The van der Waals surface area contributed by atoms with Gasteiger partial charge < -0.3 is 10.2 Å². The van der Waals surface area contributed by atoms with E-state index in [1.165, 1.54) is 12.1 Å². The van der Waals surface area contributed by atoms with E-state index >= 15 is 8.78 Å². The van der Waals surface area contributed by atoms with Crippen LogP contribution >= 0.6 is 0 Å². The maximum absolute atomic E-state index is 15.2. The Bertz CT molecular complexity index is 1090. The zero-order valence-electron chi connectivity index (χ0n) is 16.3. The topological polar surface area (TPSA) is 57.5 Å². The monoisotopic (exact) mass is 406 g/mol. The molecule has 0 saturated carbocycles. The van der Waals surface area contributed by atoms with Gasteiger partial charge in [0.25, 0.3) is 0 Å². The van der Waals surface area contributed by atoms with Crippen molar-refractivity contribution in [3.8, 4) is 5.75 Å². The van der Waals surface area contributed by atoms with Crippen LogP contribution in [0.2, 0.25) is 0 Å². The molecule has 0 atom stereocenters. The van der Waals surface area contributed by atoms with Crippen LogP contribution in [0, 0.1) is 11.6 Å². The van der Waals surface area contributed by atoms with Gasteiger partial charge in [-0.2, -0.15) is 0 Å². The SMILES string of the molecule is CC/C(=C(\c1ccc(O)cc1)c1c(F)cc(/C=C/C(=O)O)cc1F)c1ccccc1. The van der Waals surface area contributed by atoms with Gasteiger partial charge in [0.1, 0.15) is 17.4 Å². The number of rotatable bonds is 6. The molecule has 0 saturated heterocycles. The zero-order valence-corrected chi connectivity index (χ0v) is 16.3. The lowest BCUT2D eigenvalue weighted by atomic mass is 9.87. The van der Waals surface area contributed by atoms with E-state index in [4.69, 9.17) is 5.11 Å². The van der Waals surface area contributed by atoms with E-state index < -0.39 is 17.6 Å². The highest BCUT2D eigenvalue weighted by atomic mass is 19.1. The molecular formula is C25H20F2O3. The second-order valence-corrected chi connectivity index (χ2v) is 6.65. The number of halogens is 2. The van der Waals surface area contributed by atoms with Gasteiger partial charge >= 0.3 is 5.97 Å². The number of phenols is 1. The molecule has 0 aliphatic rings. The number of benzene rings is 3. The molecule has 0 radical (unpaired) electrons. The average Bonchev–Trinajstić information content (AvgIpc) is 2.72. The smallest absolute Gasteiger partial charge is 0.328 e. The van der Waals surface area contributed by atoms with Gasteiger partial charge in [-0.25, -0.2) is 13.6 Å². The standard InChI is InChI=1S/C25H20F2O3/c1-2-20(17-6-4-3-5-7-17)24(18-9-11-19(28)12-10-18)25-21(26)14-16(15-22(25)27)8-13-23(29)30/h3-15,28H,2H2,1H3,(H,29,30)/b13-8+,24-20-. The zero-order chi connectivity index (χ0) is 21.7. The molecule has 3 aromatic carbocycles. The molecule has 0 heterocycles. The number of aliphatic carboxylic acids is 1. The Kier molecular flexibility index (Phi) is 6.42. The number of carbonyl (C=O) groups is 1. The number of carboxylic acid groups (broad SMARTS) is 1. The molecule has 3 aromatic rings. The maximum Gasteiger partial charge on any atom is 0.328 e. The molecule has 3 nitrogen and oxygen atoms in total. The van der Waals surface area contributed by atoms with Crippen molar-refractivity contribution in [1.29, 1.82) is 0 Å². The molecule has 0 unspecified atom stereocenters. The number of aromatic hydroxyl groups is 1. The fraction of sp³-hybridized carbons (Fsp3) is 0.0800. The summed E-state index contributed by atoms with van der Waals surface area (Å²) < 4.78 is 30.3. The second kappa shape index (κ2) is 9.18. The number of allylic oxidation sites excluding steroid dienone is 1. The van der Waals surface area contributed by atoms with Crippen LogP contribution in [0.25, 0.3) is 17.2 Å². The predicted octanol–water partition coefficient (Wildman–Crippen LogP) is 6.14. The summed E-state index contributed by atoms with van der Waals surface area (Å²) in [5.74, 6) is -2.76. The van der Waals surface area contributed by atoms with Crippen molar-refractivity contribution in [1.82, 2.24) is 0 Å². The first-order valence-corrected chi connectivity index (χ1v) is 9.39. The van der Waals surface area contributed by atoms with Gasteiger partial charge in [0.05, 0.1) is 5.56 Å². The van der Waals surface area contributed by atoms with Crippen molar-refractivity contribution in [2.24, 2.45) is 0 Å². The van der Waals surface area contributed by atoms with Crippen molar-refractivity contribution >= 4 is 23.2 Å². The van der Waals surface area contributed by atoms with Gasteiger partial charge in [0, 0.05) is 6.08 Å². The third-order valence-electron chi connectivity index (χ3n) is 4.67. The quantitative estimate of drug-likeness (QED) is 0.382. The van der Waals surface area contributed by atoms with Crippen LogP contribution in [0.3, 0.4) is 0 Å². The molecule has 2 N–H and O–H groups in total. The van der Waals surface area contributed by atoms with E-state index in [1.807, 2.05) is 37.3 Å². The molecule has 152 valence electrons. The average molecular weight is 406 g/mol. The van der Waals surface area contributed by atoms with Gasteiger partial charge in [-0.1, -0.05) is 49.4 Å². The molecule has 0 aliphatic heterocycles. The molecule has 5 heteroatoms. The van der Waals surface area contributed by atoms with Gasteiger partial charge in [-0.05, 0) is 64.6 Å². The van der Waals surface area contributed by atoms with Crippen LogP contribution < -0.4 is 0 Å². The Balaban J connectivity index is 2.30. The summed E-state index contributed by atoms with van der Waals surface area (Å²) in [6.07, 6.45) is 2.48. The highest BCUT2D eigenvalue weighted by molar-refractivity contribution is 5.99. The minimum Gasteiger partial charge on any atom is -0.508 e. The second-order valence-electron chi connectivity index (χ2n) is 6.65. The van der Waals surface area contributed by atoms with E-state index in [0.29, 0.717) is 17.6 Å². The van der Waals surface area contributed by atoms with Gasteiger partial charge in [-0.3, -0.25) is 0 Å². The Morgan fingerprint density at radius 3 is 2.07 bits per heavy atom. The summed E-state index contributed by atoms with van der Waals surface area (Å²) in [5, 5.41) is 18.4. The molecule has 0 bridgehead atoms. The first-order chi connectivity index (χ1) is 14.4. The Hall–Kier alpha value is -3.73. The Labute approximate surface area is 173 Å². The number of phenolic OH excluding ortho intramolecular Hbond substituents is 1. The highest BCUT2D eigenvalue weighted by Crippen LogP contribution is 2.37. The summed E-state index contributed by atoms with van der Waals surface area (Å²) in [6, 6.07) is 17.7. The van der Waals surface area contributed by atoms with Crippen LogP contribution in [0.4, 0.5) is 8.78 Å². The summed E-state index contributed by atoms with van der Waals surface area (Å²) >= 11 is 0. The van der Waals surface area contributed by atoms with Crippen LogP contribution in [0.15, 0.2) is 72.8 Å². The van der Waals surface area contributed by atoms with Crippen molar-refractivity contribution in [2.75, 3.05) is 0 Å². The fourth-order valence-electron chi connectivity index (χ4n) is 3.36. The first kappa shape index (κ1) is 21.0. The van der Waals surface area contributed by atoms with E-state index in [0.717, 1.165) is 35.4 Å². The van der Waals surface area contributed by atoms with Crippen molar-refractivity contribution in [3.05, 3.63) is 107 Å². The third kappa shape index (κ3) is 4.63. The normalized spacial score (nSPS) is 12.1. The predicted molar refractivity (Wildman–Crippen MR) is 114 cm³/mol. The van der Waals surface area contributed by atoms with Gasteiger partial charge in [0.15, 0.2) is 0 Å². The number of carboxylic acids is 1. The van der Waals surface area contributed by atoms with E-state index in [9.17, 15) is 9.90 Å². The Morgan fingerprint density at radius 2 is 1.53 bits per heavy atom. The van der Waals surface area contributed by atoms with E-state index in [2.05, 4.69) is 0 Å². The Morgan fingerprint density at radius 1 is 0.933 bits per heavy atom. The third-order valence-corrected chi connectivity index (χ3v) is 4.67. The first-order valence-electron chi connectivity index (χ1n) is 9.39. The summed E-state index contributed by atoms with van der Waals surface area (Å²) in [7, 11) is 0. The summed E-state index contributed by atoms with van der Waals surface area (Å²) in [5.41, 5.74) is 2.42. The lowest BCUT2D eigenvalue weighted by molar-refractivity contribution is -0.131. The van der Waals surface area contributed by atoms with E-state index in [1.54, 1.807) is 12.1 Å². The molecule has 0 aliphatic carbocycles. The van der Waals surface area contributed by atoms with Crippen molar-refractivity contribution in [2.45, 2.75) is 13.3 Å². The van der Waals surface area contributed by atoms with Crippen molar-refractivity contribution in [3.63, 3.8) is 0 Å². The molecular weight excluding hydrogens is 386 g/mol. The van der Waals surface area contributed by atoms with Crippen molar-refractivity contribution < 1.29 is 23.8 Å². The van der Waals surface area contributed by atoms with E-state index in [-0.39, 0.29) is 16.9 Å². The summed E-state index contributed by atoms with van der Waals surface area (Å²) in [4.78, 5) is 10.7. The van der Waals surface area contributed by atoms with Crippen LogP contribution in [0.5, 0.6) is 5.75 Å². The molecule has 0 spiro atoms. The molecule has 0 aromatic heterocycles. The highest BCUT2D eigenvalue weighted by Gasteiger charge is 2.21. The molecule has 30 heavy (non-hydrogen) atoms. The van der Waals surface area contributed by atoms with Gasteiger partial charge in [0.2, 0.25) is 0 Å². The van der Waals surface area contributed by atoms with Gasteiger partial charge in [-0.15, -0.1) is 0 Å². The lowest BCUT2D eigenvalue weighted by Gasteiger charge is -2.18. The fourth-order valence-corrected chi connectivity index (χ4v) is 3.36. The molecule has 0 fully saturated rings. The minimum atomic E-state index is -1.21. The van der Waals surface area contributed by atoms with Crippen LogP contribution in [0.1, 0.15) is 35.6 Å². The summed E-state index contributed by atoms with van der Waals surface area (Å²) in [6.45, 7) is 1.91. The maximum atomic E-state index is 15.2. The lowest BCUT2D eigenvalue weighted by Crippen LogP contribution is -2.02. The number of hydrogen-bond acceptors (Lipinski definition) is 2. The van der Waals surface area contributed by atoms with Crippen LogP contribution in [-0.2, 0) is 4.79 Å².